The van der Waals surface area contributed by atoms with Crippen LogP contribution in [0.5, 0.6) is 0 Å². The molecule has 9 atom stereocenters. The fraction of sp³-hybridized carbons (Fsp3) is 0.909. The van der Waals surface area contributed by atoms with Crippen molar-refractivity contribution in [1.82, 2.24) is 0 Å². The van der Waals surface area contributed by atoms with Gasteiger partial charge in [0.15, 0.2) is 0 Å². The maximum Gasteiger partial charge on any atom is 0.0274 e. The first-order chi connectivity index (χ1) is 11.7. The summed E-state index contributed by atoms with van der Waals surface area (Å²) in [6, 6.07) is 0. The van der Waals surface area contributed by atoms with E-state index in [1.165, 1.54) is 19.3 Å². The number of hydrogen-bond acceptors (Lipinski definition) is 0. The van der Waals surface area contributed by atoms with Gasteiger partial charge in [-0.15, -0.1) is 9.24 Å². The SMILES string of the molecule is C1=CC2C3CCC(C3)C2C1.CC12CCCC1C1CCC2C1.F.[2HH].[2H]CP. The molecule has 0 radical (unpaired) electrons. The lowest BCUT2D eigenvalue weighted by atomic mass is 9.69. The van der Waals surface area contributed by atoms with E-state index >= 15 is 0 Å². The lowest BCUT2D eigenvalue weighted by Crippen LogP contribution is -2.28. The molecule has 0 saturated heterocycles. The normalized spacial score (nSPS) is 51.8. The van der Waals surface area contributed by atoms with Gasteiger partial charge in [0.25, 0.3) is 0 Å². The van der Waals surface area contributed by atoms with Gasteiger partial charge in [0.1, 0.15) is 0 Å². The van der Waals surface area contributed by atoms with Crippen molar-refractivity contribution in [1.29, 1.82) is 0 Å². The van der Waals surface area contributed by atoms with Crippen LogP contribution in [0.25, 0.3) is 0 Å². The zero-order valence-corrected chi connectivity index (χ0v) is 16.6. The van der Waals surface area contributed by atoms with Gasteiger partial charge in [0.2, 0.25) is 0 Å². The highest BCUT2D eigenvalue weighted by molar-refractivity contribution is 7.15. The number of rotatable bonds is 0. The molecule has 5 fully saturated rings. The minimum atomic E-state index is 0. The lowest BCUT2D eigenvalue weighted by Gasteiger charge is -2.35. The Balaban J connectivity index is 0.000000153. The van der Waals surface area contributed by atoms with Crippen LogP contribution in [-0.2, 0) is 0 Å². The van der Waals surface area contributed by atoms with Crippen LogP contribution in [0.2, 0.25) is 0 Å². The van der Waals surface area contributed by atoms with Crippen molar-refractivity contribution in [3.05, 3.63) is 12.2 Å². The number of halogens is 1. The van der Waals surface area contributed by atoms with E-state index in [1.807, 2.05) is 0 Å². The molecule has 140 valence electrons. The molecule has 6 rings (SSSR count). The molecule has 2 heteroatoms. The van der Waals surface area contributed by atoms with Crippen LogP contribution in [0.1, 0.15) is 73.9 Å². The first-order valence-corrected chi connectivity index (χ1v) is 11.1. The average molecular weight is 357 g/mol. The molecule has 0 aromatic carbocycles. The highest BCUT2D eigenvalue weighted by Crippen LogP contribution is 2.65. The molecule has 5 saturated carbocycles. The molecule has 0 nitrogen and oxygen atoms in total. The van der Waals surface area contributed by atoms with Gasteiger partial charge >= 0.3 is 0 Å². The second kappa shape index (κ2) is 7.38. The molecule has 6 aliphatic rings. The van der Waals surface area contributed by atoms with Gasteiger partial charge in [-0.3, -0.25) is 4.70 Å². The van der Waals surface area contributed by atoms with Crippen LogP contribution in [-0.4, -0.2) is 6.64 Å². The molecular weight excluding hydrogens is 314 g/mol. The third-order valence-electron chi connectivity index (χ3n) is 8.98. The van der Waals surface area contributed by atoms with Gasteiger partial charge in [-0.2, -0.15) is 0 Å². The minimum absolute atomic E-state index is 0. The zero-order chi connectivity index (χ0) is 16.7. The average Bonchev–Trinajstić information content (AvgIpc) is 3.34. The summed E-state index contributed by atoms with van der Waals surface area (Å²) in [5, 5.41) is 0. The summed E-state index contributed by atoms with van der Waals surface area (Å²) in [5.41, 5.74) is 0.822. The van der Waals surface area contributed by atoms with E-state index in [1.54, 1.807) is 44.9 Å². The third kappa shape index (κ3) is 2.82. The summed E-state index contributed by atoms with van der Waals surface area (Å²) in [6.45, 7) is 2.99. The minimum Gasteiger partial charge on any atom is -0.269 e. The van der Waals surface area contributed by atoms with Crippen LogP contribution < -0.4 is 0 Å². The fourth-order valence-electron chi connectivity index (χ4n) is 7.98. The molecule has 9 unspecified atom stereocenters. The van der Waals surface area contributed by atoms with Gasteiger partial charge in [0, 0.05) is 2.80 Å². The summed E-state index contributed by atoms with van der Waals surface area (Å²) < 4.78 is 6.17. The van der Waals surface area contributed by atoms with Crippen LogP contribution in [0, 0.1) is 46.8 Å². The number of fused-ring (bicyclic) bond motifs is 10. The summed E-state index contributed by atoms with van der Waals surface area (Å²) in [5.74, 6) is 7.81. The van der Waals surface area contributed by atoms with Gasteiger partial charge in [-0.1, -0.05) is 32.1 Å². The highest BCUT2D eigenvalue weighted by Gasteiger charge is 2.56. The Labute approximate surface area is 154 Å². The standard InChI is InChI=1S/C11H18.C10H14.CH5P.FH.H2/c1-11-6-2-3-10(11)8-4-5-9(11)7-8;1-2-9-7-4-5-8(6-7)10(9)3-1;1-2;;/h8-10H,2-7H2,1H3;1-2,7-10H,3-6H2;2H2,1H3;2*1H/i;;1D;;1+1. The van der Waals surface area contributed by atoms with Crippen molar-refractivity contribution in [2.45, 2.75) is 71.1 Å². The van der Waals surface area contributed by atoms with E-state index in [9.17, 15) is 0 Å². The van der Waals surface area contributed by atoms with Crippen LogP contribution >= 0.6 is 9.24 Å². The quantitative estimate of drug-likeness (QED) is 0.334. The summed E-state index contributed by atoms with van der Waals surface area (Å²) in [4.78, 5) is 0. The van der Waals surface area contributed by atoms with Crippen molar-refractivity contribution in [3.8, 4) is 0 Å². The van der Waals surface area contributed by atoms with Crippen LogP contribution in [0.3, 0.4) is 0 Å². The number of hydrogen-bond donors (Lipinski definition) is 0. The van der Waals surface area contributed by atoms with Crippen molar-refractivity contribution >= 4 is 9.24 Å². The molecule has 0 aromatic rings. The van der Waals surface area contributed by atoms with Gasteiger partial charge < -0.3 is 0 Å². The van der Waals surface area contributed by atoms with Crippen LogP contribution in [0.15, 0.2) is 12.2 Å². The third-order valence-corrected chi connectivity index (χ3v) is 8.98. The van der Waals surface area contributed by atoms with Gasteiger partial charge in [-0.25, -0.2) is 0 Å². The van der Waals surface area contributed by atoms with Crippen molar-refractivity contribution < 1.29 is 7.50 Å². The number of allylic oxidation sites excluding steroid dienone is 2. The predicted octanol–water partition coefficient (Wildman–Crippen LogP) is 6.72. The summed E-state index contributed by atoms with van der Waals surface area (Å²) in [7, 11) is 2.25. The first kappa shape index (κ1) is 17.5. The Kier molecular flexibility index (Phi) is 5.38. The Bertz CT molecular complexity index is 485. The molecule has 24 heavy (non-hydrogen) atoms. The van der Waals surface area contributed by atoms with E-state index < -0.39 is 0 Å². The molecule has 0 amide bonds. The first-order valence-electron chi connectivity index (χ1n) is 11.0. The Morgan fingerprint density at radius 1 is 1.08 bits per heavy atom. The molecule has 0 heterocycles. The summed E-state index contributed by atoms with van der Waals surface area (Å²) >= 11 is 0. The predicted molar refractivity (Wildman–Crippen MR) is 108 cm³/mol. The lowest BCUT2D eigenvalue weighted by molar-refractivity contribution is 0.135. The van der Waals surface area contributed by atoms with Gasteiger partial charge in [0.05, 0.1) is 0 Å². The Hall–Kier alpha value is 0.100. The summed E-state index contributed by atoms with van der Waals surface area (Å²) in [6.07, 6.45) is 20.4. The second-order valence-corrected chi connectivity index (χ2v) is 9.51. The van der Waals surface area contributed by atoms with Gasteiger partial charge in [-0.05, 0) is 105 Å². The highest BCUT2D eigenvalue weighted by atomic mass is 31.0. The van der Waals surface area contributed by atoms with E-state index in [-0.39, 0.29) is 6.13 Å². The van der Waals surface area contributed by atoms with E-state index in [2.05, 4.69) is 28.3 Å². The second-order valence-electron chi connectivity index (χ2n) is 9.51. The van der Waals surface area contributed by atoms with Crippen molar-refractivity contribution in [3.63, 3.8) is 0 Å². The zero-order valence-electron chi connectivity index (χ0n) is 16.5. The molecule has 0 aromatic heterocycles. The van der Waals surface area contributed by atoms with Crippen LogP contribution in [0.4, 0.5) is 4.70 Å². The Morgan fingerprint density at radius 3 is 2.58 bits per heavy atom. The van der Waals surface area contributed by atoms with E-state index in [0.717, 1.165) is 46.8 Å². The monoisotopic (exact) mass is 356 g/mol. The molecule has 6 aliphatic carbocycles. The van der Waals surface area contributed by atoms with E-state index in [4.69, 9.17) is 1.37 Å². The van der Waals surface area contributed by atoms with Crippen molar-refractivity contribution in [2.75, 3.05) is 6.64 Å². The fourth-order valence-corrected chi connectivity index (χ4v) is 7.98. The molecule has 4 bridgehead atoms. The molecule has 0 aliphatic heterocycles. The largest absolute Gasteiger partial charge is 0.269 e. The molecule has 0 N–H and O–H groups in total. The van der Waals surface area contributed by atoms with E-state index in [0.29, 0.717) is 6.64 Å². The van der Waals surface area contributed by atoms with Crippen molar-refractivity contribution in [2.24, 2.45) is 46.8 Å². The maximum atomic E-state index is 6.17. The Morgan fingerprint density at radius 2 is 1.83 bits per heavy atom. The maximum absolute atomic E-state index is 6.17. The molecule has 0 spiro atoms. The molecular formula is C22H40FP. The topological polar surface area (TPSA) is 0 Å². The smallest absolute Gasteiger partial charge is 0.0274 e.